The third-order valence-electron chi connectivity index (χ3n) is 4.90. The quantitative estimate of drug-likeness (QED) is 0.759. The fraction of sp³-hybridized carbons (Fsp3) is 0.200. The van der Waals surface area contributed by atoms with Gasteiger partial charge in [-0.2, -0.15) is 5.10 Å². The molecule has 0 unspecified atom stereocenters. The van der Waals surface area contributed by atoms with E-state index in [1.807, 2.05) is 18.2 Å². The summed E-state index contributed by atoms with van der Waals surface area (Å²) in [6.07, 6.45) is 2.35. The number of nitrogens with two attached hydrogens (primary N) is 1. The van der Waals surface area contributed by atoms with Crippen molar-refractivity contribution in [2.45, 2.75) is 25.6 Å². The van der Waals surface area contributed by atoms with Crippen LogP contribution in [0.25, 0.3) is 11.3 Å². The van der Waals surface area contributed by atoms with Gasteiger partial charge in [0.1, 0.15) is 5.82 Å². The largest absolute Gasteiger partial charge is 0.368 e. The molecule has 0 aliphatic carbocycles. The Morgan fingerprint density at radius 2 is 1.92 bits per heavy atom. The molecule has 1 aliphatic rings. The molecule has 0 radical (unpaired) electrons. The average molecular weight is 350 g/mol. The maximum absolute atomic E-state index is 13.2. The van der Waals surface area contributed by atoms with Gasteiger partial charge in [-0.25, -0.2) is 4.39 Å². The lowest BCUT2D eigenvalue weighted by Crippen LogP contribution is -2.48. The summed E-state index contributed by atoms with van der Waals surface area (Å²) < 4.78 is 13.2. The maximum Gasteiger partial charge on any atom is 0.235 e. The predicted molar refractivity (Wildman–Crippen MR) is 96.4 cm³/mol. The number of rotatable bonds is 4. The van der Waals surface area contributed by atoms with Crippen molar-refractivity contribution in [3.63, 3.8) is 0 Å². The molecule has 0 saturated carbocycles. The second-order valence-corrected chi connectivity index (χ2v) is 6.57. The second kappa shape index (κ2) is 6.72. The molecule has 5 nitrogen and oxygen atoms in total. The van der Waals surface area contributed by atoms with E-state index < -0.39 is 0 Å². The van der Waals surface area contributed by atoms with Crippen molar-refractivity contribution in [3.8, 4) is 11.3 Å². The highest BCUT2D eigenvalue weighted by molar-refractivity contribution is 5.80. The van der Waals surface area contributed by atoms with Gasteiger partial charge in [0.05, 0.1) is 17.9 Å². The van der Waals surface area contributed by atoms with E-state index in [1.165, 1.54) is 23.3 Å². The molecule has 2 heterocycles. The van der Waals surface area contributed by atoms with Crippen LogP contribution in [-0.4, -0.2) is 27.0 Å². The third-order valence-corrected chi connectivity index (χ3v) is 4.90. The minimum Gasteiger partial charge on any atom is -0.368 e. The second-order valence-electron chi connectivity index (χ2n) is 6.57. The van der Waals surface area contributed by atoms with Gasteiger partial charge in [0, 0.05) is 24.2 Å². The number of halogens is 1. The summed E-state index contributed by atoms with van der Waals surface area (Å²) in [7, 11) is 0. The number of carbonyl (C=O) groups is 1. The average Bonchev–Trinajstić information content (AvgIpc) is 3.10. The van der Waals surface area contributed by atoms with E-state index in [1.54, 1.807) is 18.3 Å². The van der Waals surface area contributed by atoms with Gasteiger partial charge in [0.2, 0.25) is 5.91 Å². The van der Waals surface area contributed by atoms with E-state index in [0.29, 0.717) is 19.5 Å². The van der Waals surface area contributed by atoms with Crippen molar-refractivity contribution in [1.29, 1.82) is 0 Å². The number of H-pyrrole nitrogens is 1. The number of amides is 1. The first-order chi connectivity index (χ1) is 12.6. The molecule has 26 heavy (non-hydrogen) atoms. The van der Waals surface area contributed by atoms with Crippen LogP contribution in [0.5, 0.6) is 0 Å². The van der Waals surface area contributed by atoms with Gasteiger partial charge in [-0.15, -0.1) is 0 Å². The van der Waals surface area contributed by atoms with E-state index in [2.05, 4.69) is 21.2 Å². The van der Waals surface area contributed by atoms with Crippen molar-refractivity contribution < 1.29 is 9.18 Å². The summed E-state index contributed by atoms with van der Waals surface area (Å²) in [5.41, 5.74) is 10.7. The van der Waals surface area contributed by atoms with Gasteiger partial charge in [0.15, 0.2) is 0 Å². The Bertz CT molecular complexity index is 935. The Labute approximate surface area is 150 Å². The number of benzene rings is 2. The molecule has 4 rings (SSSR count). The van der Waals surface area contributed by atoms with Crippen molar-refractivity contribution in [2.75, 3.05) is 0 Å². The number of aromatic nitrogens is 2. The molecule has 0 spiro atoms. The van der Waals surface area contributed by atoms with Gasteiger partial charge in [-0.1, -0.05) is 24.3 Å². The number of hydrogen-bond donors (Lipinski definition) is 2. The standard InChI is InChI=1S/C20H19FN4O/c21-17-7-5-13(6-8-17)19-16(10-23-24-19)12-25-11-15-4-2-1-3-14(15)9-18(25)20(22)26/h1-8,10,18H,9,11-12H2,(H2,22,26)(H,23,24)/t18-/m1/s1. The van der Waals surface area contributed by atoms with Crippen molar-refractivity contribution in [2.24, 2.45) is 5.73 Å². The van der Waals surface area contributed by atoms with Crippen LogP contribution in [0.2, 0.25) is 0 Å². The minimum atomic E-state index is -0.360. The fourth-order valence-corrected chi connectivity index (χ4v) is 3.54. The first kappa shape index (κ1) is 16.5. The monoisotopic (exact) mass is 350 g/mol. The number of carbonyl (C=O) groups excluding carboxylic acids is 1. The first-order valence-electron chi connectivity index (χ1n) is 8.50. The number of aromatic amines is 1. The SMILES string of the molecule is NC(=O)[C@H]1Cc2ccccc2CN1Cc1cn[nH]c1-c1ccc(F)cc1. The number of nitrogens with one attached hydrogen (secondary N) is 1. The lowest BCUT2D eigenvalue weighted by molar-refractivity contribution is -0.124. The minimum absolute atomic E-state index is 0.281. The molecule has 0 fully saturated rings. The van der Waals surface area contributed by atoms with E-state index >= 15 is 0 Å². The molecule has 1 aliphatic heterocycles. The molecule has 1 atom stereocenters. The molecule has 2 aromatic carbocycles. The van der Waals surface area contributed by atoms with Crippen LogP contribution >= 0.6 is 0 Å². The topological polar surface area (TPSA) is 75.0 Å². The van der Waals surface area contributed by atoms with Crippen LogP contribution in [0.1, 0.15) is 16.7 Å². The van der Waals surface area contributed by atoms with Crippen LogP contribution in [0.4, 0.5) is 4.39 Å². The molecule has 1 amide bonds. The summed E-state index contributed by atoms with van der Waals surface area (Å²) >= 11 is 0. The van der Waals surface area contributed by atoms with E-state index in [0.717, 1.165) is 16.8 Å². The lowest BCUT2D eigenvalue weighted by atomic mass is 9.93. The summed E-state index contributed by atoms with van der Waals surface area (Å²) in [5.74, 6) is -0.609. The van der Waals surface area contributed by atoms with Crippen molar-refractivity contribution in [1.82, 2.24) is 15.1 Å². The maximum atomic E-state index is 13.2. The smallest absolute Gasteiger partial charge is 0.235 e. The molecule has 0 bridgehead atoms. The van der Waals surface area contributed by atoms with Crippen LogP contribution in [0.3, 0.4) is 0 Å². The van der Waals surface area contributed by atoms with Gasteiger partial charge in [-0.3, -0.25) is 14.8 Å². The number of nitrogens with zero attached hydrogens (tertiary/aromatic N) is 2. The van der Waals surface area contributed by atoms with Gasteiger partial charge >= 0.3 is 0 Å². The summed E-state index contributed by atoms with van der Waals surface area (Å²) in [6, 6.07) is 14.0. The molecule has 132 valence electrons. The van der Waals surface area contributed by atoms with Gasteiger partial charge < -0.3 is 5.73 Å². The normalized spacial score (nSPS) is 17.0. The predicted octanol–water partition coefficient (Wildman–Crippen LogP) is 2.63. The highest BCUT2D eigenvalue weighted by atomic mass is 19.1. The molecule has 1 aromatic heterocycles. The van der Waals surface area contributed by atoms with Gasteiger partial charge in [-0.05, 0) is 41.8 Å². The Morgan fingerprint density at radius 1 is 1.19 bits per heavy atom. The van der Waals surface area contributed by atoms with E-state index in [9.17, 15) is 9.18 Å². The summed E-state index contributed by atoms with van der Waals surface area (Å²) in [6.45, 7) is 1.18. The Morgan fingerprint density at radius 3 is 2.65 bits per heavy atom. The van der Waals surface area contributed by atoms with Crippen LogP contribution in [-0.2, 0) is 24.3 Å². The Balaban J connectivity index is 1.63. The molecule has 3 N–H and O–H groups in total. The van der Waals surface area contributed by atoms with Crippen LogP contribution in [0.15, 0.2) is 54.7 Å². The zero-order valence-corrected chi connectivity index (χ0v) is 14.2. The molecule has 3 aromatic rings. The molecular formula is C20H19FN4O. The van der Waals surface area contributed by atoms with Crippen molar-refractivity contribution >= 4 is 5.91 Å². The molecule has 0 saturated heterocycles. The van der Waals surface area contributed by atoms with Crippen molar-refractivity contribution in [3.05, 3.63) is 77.2 Å². The lowest BCUT2D eigenvalue weighted by Gasteiger charge is -2.35. The fourth-order valence-electron chi connectivity index (χ4n) is 3.54. The highest BCUT2D eigenvalue weighted by Crippen LogP contribution is 2.28. The summed E-state index contributed by atoms with van der Waals surface area (Å²) in [4.78, 5) is 14.1. The Hall–Kier alpha value is -2.99. The number of primary amides is 1. The van der Waals surface area contributed by atoms with Crippen LogP contribution < -0.4 is 5.73 Å². The number of hydrogen-bond acceptors (Lipinski definition) is 3. The van der Waals surface area contributed by atoms with Gasteiger partial charge in [0.25, 0.3) is 0 Å². The Kier molecular flexibility index (Phi) is 4.26. The molecule has 6 heteroatoms. The van der Waals surface area contributed by atoms with Crippen LogP contribution in [0, 0.1) is 5.82 Å². The number of fused-ring (bicyclic) bond motifs is 1. The summed E-state index contributed by atoms with van der Waals surface area (Å²) in [5, 5.41) is 7.12. The van der Waals surface area contributed by atoms with E-state index in [-0.39, 0.29) is 17.8 Å². The highest BCUT2D eigenvalue weighted by Gasteiger charge is 2.30. The van der Waals surface area contributed by atoms with E-state index in [4.69, 9.17) is 5.73 Å². The molecular weight excluding hydrogens is 331 g/mol. The zero-order valence-electron chi connectivity index (χ0n) is 14.2. The third kappa shape index (κ3) is 3.11. The zero-order chi connectivity index (χ0) is 18.1. The first-order valence-corrected chi connectivity index (χ1v) is 8.50.